The number of likely N-dealkylation sites (tertiary alicyclic amines) is 1. The first-order valence-corrected chi connectivity index (χ1v) is 11.0. The minimum Gasteiger partial charge on any atom is -0.338 e. The summed E-state index contributed by atoms with van der Waals surface area (Å²) in [6, 6.07) is 1.52. The third-order valence-electron chi connectivity index (χ3n) is 7.24. The number of piperidine rings is 2. The Labute approximate surface area is 194 Å². The molecule has 4 heterocycles. The number of amides is 4. The summed E-state index contributed by atoms with van der Waals surface area (Å²) in [6.45, 7) is 4.94. The van der Waals surface area contributed by atoms with Gasteiger partial charge < -0.3 is 19.7 Å². The van der Waals surface area contributed by atoms with Gasteiger partial charge in [0.1, 0.15) is 11.1 Å². The molecule has 0 bridgehead atoms. The van der Waals surface area contributed by atoms with Crippen LogP contribution >= 0.6 is 12.4 Å². The predicted molar refractivity (Wildman–Crippen MR) is 122 cm³/mol. The molecular formula is C22H32ClN5O4. The van der Waals surface area contributed by atoms with Crippen LogP contribution in [0.5, 0.6) is 0 Å². The number of pyridine rings is 1. The van der Waals surface area contributed by atoms with Gasteiger partial charge in [-0.15, -0.1) is 12.4 Å². The maximum atomic E-state index is 13.3. The molecule has 0 aromatic carbocycles. The van der Waals surface area contributed by atoms with Crippen LogP contribution in [0.3, 0.4) is 0 Å². The van der Waals surface area contributed by atoms with E-state index >= 15 is 0 Å². The van der Waals surface area contributed by atoms with Crippen molar-refractivity contribution in [3.63, 3.8) is 0 Å². The fraction of sp³-hybridized carbons (Fsp3) is 0.636. The molecule has 1 N–H and O–H groups in total. The van der Waals surface area contributed by atoms with Gasteiger partial charge in [0, 0.05) is 39.9 Å². The maximum absolute atomic E-state index is 13.3. The topological polar surface area (TPSA) is 95.0 Å². The molecule has 1 aromatic rings. The van der Waals surface area contributed by atoms with Gasteiger partial charge in [0.2, 0.25) is 0 Å². The molecule has 3 saturated heterocycles. The van der Waals surface area contributed by atoms with Gasteiger partial charge in [-0.25, -0.2) is 4.79 Å². The van der Waals surface area contributed by atoms with E-state index < -0.39 is 5.54 Å². The Kier molecular flexibility index (Phi) is 7.00. The van der Waals surface area contributed by atoms with Crippen LogP contribution in [0.1, 0.15) is 41.6 Å². The quantitative estimate of drug-likeness (QED) is 0.674. The van der Waals surface area contributed by atoms with Crippen LogP contribution in [0.2, 0.25) is 0 Å². The highest BCUT2D eigenvalue weighted by atomic mass is 35.5. The number of carbonyl (C=O) groups excluding carboxylic acids is 3. The van der Waals surface area contributed by atoms with Crippen molar-refractivity contribution in [3.05, 3.63) is 33.7 Å². The van der Waals surface area contributed by atoms with Crippen LogP contribution in [0.15, 0.2) is 17.1 Å². The highest BCUT2D eigenvalue weighted by Crippen LogP contribution is 2.35. The second-order valence-corrected chi connectivity index (χ2v) is 9.07. The number of aryl methyl sites for hydroxylation is 1. The van der Waals surface area contributed by atoms with Gasteiger partial charge in [0.25, 0.3) is 17.4 Å². The Hall–Kier alpha value is -2.39. The third kappa shape index (κ3) is 3.92. The van der Waals surface area contributed by atoms with Crippen molar-refractivity contribution in [2.75, 3.05) is 40.3 Å². The number of hydrogen-bond acceptors (Lipinski definition) is 5. The molecule has 0 radical (unpaired) electrons. The van der Waals surface area contributed by atoms with E-state index in [0.29, 0.717) is 44.0 Å². The number of imide groups is 1. The van der Waals surface area contributed by atoms with Crippen molar-refractivity contribution in [1.82, 2.24) is 24.6 Å². The summed E-state index contributed by atoms with van der Waals surface area (Å²) in [6.07, 6.45) is 4.69. The lowest BCUT2D eigenvalue weighted by atomic mass is 9.86. The van der Waals surface area contributed by atoms with Gasteiger partial charge in [-0.05, 0) is 63.2 Å². The van der Waals surface area contributed by atoms with Crippen LogP contribution in [0.25, 0.3) is 0 Å². The van der Waals surface area contributed by atoms with Gasteiger partial charge in [-0.3, -0.25) is 19.3 Å². The molecule has 32 heavy (non-hydrogen) atoms. The molecule has 10 heteroatoms. The van der Waals surface area contributed by atoms with Gasteiger partial charge in [0.15, 0.2) is 0 Å². The van der Waals surface area contributed by atoms with Crippen molar-refractivity contribution in [3.8, 4) is 0 Å². The van der Waals surface area contributed by atoms with E-state index in [1.807, 2.05) is 6.07 Å². The monoisotopic (exact) mass is 465 g/mol. The zero-order valence-corrected chi connectivity index (χ0v) is 19.7. The van der Waals surface area contributed by atoms with Crippen LogP contribution in [-0.4, -0.2) is 82.9 Å². The smallest absolute Gasteiger partial charge is 0.327 e. The molecule has 1 aromatic heterocycles. The molecule has 1 atom stereocenters. The lowest BCUT2D eigenvalue weighted by Gasteiger charge is -2.40. The Balaban J connectivity index is 0.00000289. The van der Waals surface area contributed by atoms with E-state index in [4.69, 9.17) is 0 Å². The van der Waals surface area contributed by atoms with Gasteiger partial charge >= 0.3 is 6.03 Å². The first kappa shape index (κ1) is 24.3. The summed E-state index contributed by atoms with van der Waals surface area (Å²) in [7, 11) is 3.13. The lowest BCUT2D eigenvalue weighted by molar-refractivity contribution is -0.134. The van der Waals surface area contributed by atoms with Crippen molar-refractivity contribution in [1.29, 1.82) is 0 Å². The Morgan fingerprint density at radius 2 is 1.88 bits per heavy atom. The Morgan fingerprint density at radius 3 is 2.44 bits per heavy atom. The molecule has 3 aliphatic rings. The molecule has 1 unspecified atom stereocenters. The molecule has 3 aliphatic heterocycles. The molecule has 3 fully saturated rings. The van der Waals surface area contributed by atoms with Gasteiger partial charge in [-0.1, -0.05) is 0 Å². The second kappa shape index (κ2) is 9.23. The fourth-order valence-electron chi connectivity index (χ4n) is 5.16. The molecule has 176 valence electrons. The second-order valence-electron chi connectivity index (χ2n) is 9.07. The number of rotatable bonds is 3. The molecule has 0 aliphatic carbocycles. The lowest BCUT2D eigenvalue weighted by Crippen LogP contribution is -2.56. The number of urea groups is 1. The Morgan fingerprint density at radius 1 is 1.19 bits per heavy atom. The van der Waals surface area contributed by atoms with E-state index in [1.54, 1.807) is 29.6 Å². The number of nitrogens with zero attached hydrogens (tertiary/aromatic N) is 4. The summed E-state index contributed by atoms with van der Waals surface area (Å²) in [5.41, 5.74) is -0.263. The van der Waals surface area contributed by atoms with Crippen LogP contribution in [0, 0.1) is 12.8 Å². The van der Waals surface area contributed by atoms with Gasteiger partial charge in [0.05, 0.1) is 0 Å². The van der Waals surface area contributed by atoms with Crippen LogP contribution in [0.4, 0.5) is 4.79 Å². The zero-order chi connectivity index (χ0) is 22.3. The first-order valence-electron chi connectivity index (χ1n) is 11.0. The molecule has 9 nitrogen and oxygen atoms in total. The number of carbonyl (C=O) groups is 3. The zero-order valence-electron chi connectivity index (χ0n) is 18.9. The Bertz CT molecular complexity index is 964. The number of hydrogen-bond donors (Lipinski definition) is 1. The minimum absolute atomic E-state index is 0. The predicted octanol–water partition coefficient (Wildman–Crippen LogP) is 1.08. The van der Waals surface area contributed by atoms with E-state index in [0.717, 1.165) is 30.8 Å². The van der Waals surface area contributed by atoms with E-state index in [9.17, 15) is 19.2 Å². The van der Waals surface area contributed by atoms with E-state index in [-0.39, 0.29) is 41.4 Å². The number of nitrogens with one attached hydrogen (secondary N) is 1. The third-order valence-corrected chi connectivity index (χ3v) is 7.24. The van der Waals surface area contributed by atoms with Crippen LogP contribution < -0.4 is 10.9 Å². The largest absolute Gasteiger partial charge is 0.338 e. The molecular weight excluding hydrogens is 434 g/mol. The average molecular weight is 466 g/mol. The van der Waals surface area contributed by atoms with Crippen molar-refractivity contribution >= 4 is 30.3 Å². The first-order chi connectivity index (χ1) is 14.8. The van der Waals surface area contributed by atoms with Crippen molar-refractivity contribution in [2.24, 2.45) is 5.92 Å². The summed E-state index contributed by atoms with van der Waals surface area (Å²) in [4.78, 5) is 55.7. The maximum Gasteiger partial charge on any atom is 0.327 e. The van der Waals surface area contributed by atoms with Gasteiger partial charge in [-0.2, -0.15) is 0 Å². The number of aromatic nitrogens is 1. The van der Waals surface area contributed by atoms with Crippen molar-refractivity contribution < 1.29 is 14.4 Å². The van der Waals surface area contributed by atoms with Crippen molar-refractivity contribution in [2.45, 2.75) is 44.7 Å². The molecule has 1 spiro atoms. The molecule has 4 rings (SSSR count). The highest BCUT2D eigenvalue weighted by molar-refractivity contribution is 6.07. The number of halogens is 1. The normalized spacial score (nSPS) is 23.0. The summed E-state index contributed by atoms with van der Waals surface area (Å²) >= 11 is 0. The van der Waals surface area contributed by atoms with Crippen LogP contribution in [-0.2, 0) is 11.3 Å². The summed E-state index contributed by atoms with van der Waals surface area (Å²) < 4.78 is 1.66. The standard InChI is InChI=1S/C22H31N5O4.ClH/c1-15-6-10-27(14-16-5-4-9-23-13-16)19(29)17(15)18(28)26-11-7-22(8-12-26)20(30)24(2)21(31)25(22)3;/h6,10,16,23H,4-5,7-9,11-14H2,1-3H3;1H. The number of likely N-dealkylation sites (N-methyl/N-ethyl adjacent to an activating group) is 2. The van der Waals surface area contributed by atoms with E-state index in [2.05, 4.69) is 5.32 Å². The summed E-state index contributed by atoms with van der Waals surface area (Å²) in [5, 5.41) is 3.36. The van der Waals surface area contributed by atoms with E-state index in [1.165, 1.54) is 11.9 Å². The minimum atomic E-state index is -0.886. The SMILES string of the molecule is Cc1ccn(CC2CCCNC2)c(=O)c1C(=O)N1CCC2(CC1)C(=O)N(C)C(=O)N2C.Cl. The molecule has 0 saturated carbocycles. The average Bonchev–Trinajstić information content (AvgIpc) is 2.93. The molecule has 4 amide bonds. The fourth-order valence-corrected chi connectivity index (χ4v) is 5.16. The summed E-state index contributed by atoms with van der Waals surface area (Å²) in [5.74, 6) is -0.127. The highest BCUT2D eigenvalue weighted by Gasteiger charge is 2.55.